The van der Waals surface area contributed by atoms with Crippen LogP contribution in [0.1, 0.15) is 44.7 Å². The van der Waals surface area contributed by atoms with Crippen LogP contribution in [0.25, 0.3) is 0 Å². The Kier molecular flexibility index (Phi) is 8.26. The Labute approximate surface area is 117 Å². The predicted octanol–water partition coefficient (Wildman–Crippen LogP) is 3.55. The van der Waals surface area contributed by atoms with E-state index >= 15 is 0 Å². The van der Waals surface area contributed by atoms with Crippen molar-refractivity contribution < 1.29 is 9.47 Å². The fourth-order valence-corrected chi connectivity index (χ4v) is 1.85. The van der Waals surface area contributed by atoms with Crippen molar-refractivity contribution in [3.63, 3.8) is 0 Å². The number of nitrogens with one attached hydrogen (secondary N) is 1. The largest absolute Gasteiger partial charge is 0.497 e. The van der Waals surface area contributed by atoms with Crippen molar-refractivity contribution >= 4 is 0 Å². The van der Waals surface area contributed by atoms with Crippen LogP contribution >= 0.6 is 0 Å². The fourth-order valence-electron chi connectivity index (χ4n) is 1.85. The average molecular weight is 265 g/mol. The van der Waals surface area contributed by atoms with Crippen LogP contribution in [0.5, 0.6) is 5.75 Å². The van der Waals surface area contributed by atoms with Crippen molar-refractivity contribution in [3.8, 4) is 5.75 Å². The van der Waals surface area contributed by atoms with Crippen LogP contribution in [0, 0.1) is 0 Å². The van der Waals surface area contributed by atoms with E-state index in [9.17, 15) is 0 Å². The molecular formula is C16H27NO2. The summed E-state index contributed by atoms with van der Waals surface area (Å²) in [5, 5.41) is 3.51. The summed E-state index contributed by atoms with van der Waals surface area (Å²) in [5.74, 6) is 0.903. The first-order valence-electron chi connectivity index (χ1n) is 7.23. The highest BCUT2D eigenvalue weighted by molar-refractivity contribution is 5.28. The Morgan fingerprint density at radius 2 is 1.79 bits per heavy atom. The molecule has 0 fully saturated rings. The molecule has 0 spiro atoms. The molecule has 1 aromatic carbocycles. The van der Waals surface area contributed by atoms with Crippen molar-refractivity contribution in [3.05, 3.63) is 29.8 Å². The van der Waals surface area contributed by atoms with E-state index in [1.54, 1.807) is 7.11 Å². The number of methoxy groups -OCH3 is 1. The van der Waals surface area contributed by atoms with Gasteiger partial charge in [-0.15, -0.1) is 0 Å². The molecule has 1 rings (SSSR count). The second kappa shape index (κ2) is 9.82. The third-order valence-corrected chi connectivity index (χ3v) is 3.17. The Hall–Kier alpha value is -1.06. The molecule has 19 heavy (non-hydrogen) atoms. The Balaban J connectivity index is 2.14. The van der Waals surface area contributed by atoms with E-state index in [-0.39, 0.29) is 0 Å². The Morgan fingerprint density at radius 3 is 2.42 bits per heavy atom. The normalized spacial score (nSPS) is 12.4. The van der Waals surface area contributed by atoms with Gasteiger partial charge in [0.1, 0.15) is 5.75 Å². The zero-order chi connectivity index (χ0) is 13.9. The molecule has 1 atom stereocenters. The summed E-state index contributed by atoms with van der Waals surface area (Å²) in [6.45, 7) is 7.09. The molecule has 0 aliphatic heterocycles. The monoisotopic (exact) mass is 265 g/mol. The molecule has 0 saturated heterocycles. The topological polar surface area (TPSA) is 30.5 Å². The molecule has 0 saturated carbocycles. The SMILES string of the molecule is CCCCOCCCNC(C)c1ccc(OC)cc1. The summed E-state index contributed by atoms with van der Waals surface area (Å²) in [4.78, 5) is 0. The number of ether oxygens (including phenoxy) is 2. The second-order valence-corrected chi connectivity index (χ2v) is 4.77. The molecule has 108 valence electrons. The number of rotatable bonds is 10. The van der Waals surface area contributed by atoms with E-state index in [0.29, 0.717) is 6.04 Å². The van der Waals surface area contributed by atoms with Crippen LogP contribution in [0.3, 0.4) is 0 Å². The first-order valence-corrected chi connectivity index (χ1v) is 7.23. The maximum atomic E-state index is 5.54. The third-order valence-electron chi connectivity index (χ3n) is 3.17. The predicted molar refractivity (Wildman–Crippen MR) is 79.8 cm³/mol. The van der Waals surface area contributed by atoms with E-state index in [4.69, 9.17) is 9.47 Å². The molecule has 3 nitrogen and oxygen atoms in total. The van der Waals surface area contributed by atoms with Gasteiger partial charge in [-0.2, -0.15) is 0 Å². The van der Waals surface area contributed by atoms with Gasteiger partial charge in [-0.25, -0.2) is 0 Å². The van der Waals surface area contributed by atoms with E-state index in [2.05, 4.69) is 31.3 Å². The second-order valence-electron chi connectivity index (χ2n) is 4.77. The summed E-state index contributed by atoms with van der Waals surface area (Å²) in [6, 6.07) is 8.58. The molecule has 1 unspecified atom stereocenters. The van der Waals surface area contributed by atoms with Gasteiger partial charge < -0.3 is 14.8 Å². The average Bonchev–Trinajstić information content (AvgIpc) is 2.46. The first kappa shape index (κ1) is 16.0. The zero-order valence-electron chi connectivity index (χ0n) is 12.4. The first-order chi connectivity index (χ1) is 9.27. The van der Waals surface area contributed by atoms with Gasteiger partial charge in [0.2, 0.25) is 0 Å². The van der Waals surface area contributed by atoms with Gasteiger partial charge in [0, 0.05) is 19.3 Å². The van der Waals surface area contributed by atoms with Gasteiger partial charge in [-0.1, -0.05) is 25.5 Å². The number of hydrogen-bond acceptors (Lipinski definition) is 3. The number of hydrogen-bond donors (Lipinski definition) is 1. The van der Waals surface area contributed by atoms with Crippen LogP contribution in [0.15, 0.2) is 24.3 Å². The molecule has 0 amide bonds. The lowest BCUT2D eigenvalue weighted by atomic mass is 10.1. The smallest absolute Gasteiger partial charge is 0.118 e. The molecular weight excluding hydrogens is 238 g/mol. The molecule has 0 radical (unpaired) electrons. The van der Waals surface area contributed by atoms with Gasteiger partial charge in [0.15, 0.2) is 0 Å². The molecule has 0 aromatic heterocycles. The summed E-state index contributed by atoms with van der Waals surface area (Å²) in [6.07, 6.45) is 3.42. The molecule has 3 heteroatoms. The molecule has 0 heterocycles. The van der Waals surface area contributed by atoms with Crippen molar-refractivity contribution in [1.29, 1.82) is 0 Å². The minimum absolute atomic E-state index is 0.363. The molecule has 1 N–H and O–H groups in total. The molecule has 0 bridgehead atoms. The van der Waals surface area contributed by atoms with Crippen LogP contribution in [0.4, 0.5) is 0 Å². The number of unbranched alkanes of at least 4 members (excludes halogenated alkanes) is 1. The Morgan fingerprint density at radius 1 is 1.11 bits per heavy atom. The van der Waals surface area contributed by atoms with Crippen LogP contribution < -0.4 is 10.1 Å². The van der Waals surface area contributed by atoms with Crippen molar-refractivity contribution in [2.24, 2.45) is 0 Å². The van der Waals surface area contributed by atoms with E-state index < -0.39 is 0 Å². The van der Waals surface area contributed by atoms with E-state index in [1.807, 2.05) is 12.1 Å². The highest BCUT2D eigenvalue weighted by Gasteiger charge is 2.04. The summed E-state index contributed by atoms with van der Waals surface area (Å²) in [5.41, 5.74) is 1.28. The highest BCUT2D eigenvalue weighted by atomic mass is 16.5. The van der Waals surface area contributed by atoms with Crippen LogP contribution in [0.2, 0.25) is 0 Å². The lowest BCUT2D eigenvalue weighted by Gasteiger charge is -2.14. The Bertz CT molecular complexity index is 324. The van der Waals surface area contributed by atoms with E-state index in [1.165, 1.54) is 12.0 Å². The van der Waals surface area contributed by atoms with Gasteiger partial charge in [0.05, 0.1) is 7.11 Å². The van der Waals surface area contributed by atoms with Crippen LogP contribution in [-0.2, 0) is 4.74 Å². The van der Waals surface area contributed by atoms with Gasteiger partial charge in [-0.05, 0) is 44.0 Å². The van der Waals surface area contributed by atoms with Crippen molar-refractivity contribution in [2.45, 2.75) is 39.2 Å². The lowest BCUT2D eigenvalue weighted by Crippen LogP contribution is -2.21. The minimum Gasteiger partial charge on any atom is -0.497 e. The van der Waals surface area contributed by atoms with Gasteiger partial charge in [0.25, 0.3) is 0 Å². The summed E-state index contributed by atoms with van der Waals surface area (Å²) in [7, 11) is 1.69. The molecule has 0 aliphatic carbocycles. The third kappa shape index (κ3) is 6.60. The maximum Gasteiger partial charge on any atom is 0.118 e. The van der Waals surface area contributed by atoms with E-state index in [0.717, 1.165) is 38.3 Å². The molecule has 1 aromatic rings. The quantitative estimate of drug-likeness (QED) is 0.656. The minimum atomic E-state index is 0.363. The zero-order valence-corrected chi connectivity index (χ0v) is 12.4. The fraction of sp³-hybridized carbons (Fsp3) is 0.625. The maximum absolute atomic E-state index is 5.54. The summed E-state index contributed by atoms with van der Waals surface area (Å²) < 4.78 is 10.7. The standard InChI is InChI=1S/C16H27NO2/c1-4-5-12-19-13-6-11-17-14(2)15-7-9-16(18-3)10-8-15/h7-10,14,17H,4-6,11-13H2,1-3H3. The van der Waals surface area contributed by atoms with Gasteiger partial charge >= 0.3 is 0 Å². The lowest BCUT2D eigenvalue weighted by molar-refractivity contribution is 0.128. The number of benzene rings is 1. The van der Waals surface area contributed by atoms with Crippen molar-refractivity contribution in [2.75, 3.05) is 26.9 Å². The van der Waals surface area contributed by atoms with Crippen LogP contribution in [-0.4, -0.2) is 26.9 Å². The highest BCUT2D eigenvalue weighted by Crippen LogP contribution is 2.16. The van der Waals surface area contributed by atoms with Gasteiger partial charge in [-0.3, -0.25) is 0 Å². The van der Waals surface area contributed by atoms with Crippen molar-refractivity contribution in [1.82, 2.24) is 5.32 Å². The molecule has 0 aliphatic rings. The summed E-state index contributed by atoms with van der Waals surface area (Å²) >= 11 is 0.